The molecule has 2 N–H and O–H groups in total. The largest absolute Gasteiger partial charge is 0.406 e. The van der Waals surface area contributed by atoms with Gasteiger partial charge in [0.2, 0.25) is 5.89 Å². The van der Waals surface area contributed by atoms with Crippen molar-refractivity contribution in [3.05, 3.63) is 18.2 Å². The maximum absolute atomic E-state index is 12.1. The lowest BCUT2D eigenvalue weighted by atomic mass is 10.2. The molecule has 0 radical (unpaired) electrons. The van der Waals surface area contributed by atoms with Gasteiger partial charge in [-0.1, -0.05) is 5.10 Å². The Bertz CT molecular complexity index is 700. The van der Waals surface area contributed by atoms with E-state index in [2.05, 4.69) is 25.3 Å². The highest BCUT2D eigenvalue weighted by Crippen LogP contribution is 2.23. The molecule has 1 aliphatic heterocycles. The first kappa shape index (κ1) is 13.1. The van der Waals surface area contributed by atoms with Gasteiger partial charge in [-0.3, -0.25) is 4.68 Å². The van der Waals surface area contributed by atoms with Crippen molar-refractivity contribution in [2.24, 2.45) is 7.05 Å². The molecule has 0 spiro atoms. The minimum atomic E-state index is -3.78. The van der Waals surface area contributed by atoms with E-state index >= 15 is 0 Å². The summed E-state index contributed by atoms with van der Waals surface area (Å²) in [5.41, 5.74) is 0. The Hall–Kier alpha value is -1.94. The van der Waals surface area contributed by atoms with E-state index < -0.39 is 10.0 Å². The smallest absolute Gasteiger partial charge is 0.329 e. The Balaban J connectivity index is 1.79. The molecule has 2 aromatic rings. The minimum absolute atomic E-state index is 0.00235. The summed E-state index contributed by atoms with van der Waals surface area (Å²) in [5, 5.41) is 14.6. The van der Waals surface area contributed by atoms with Gasteiger partial charge in [0, 0.05) is 7.05 Å². The first-order valence-electron chi connectivity index (χ1n) is 6.14. The van der Waals surface area contributed by atoms with Crippen molar-refractivity contribution in [1.29, 1.82) is 0 Å². The van der Waals surface area contributed by atoms with Crippen LogP contribution in [0.5, 0.6) is 0 Å². The number of hydrogen-bond acceptors (Lipinski definition) is 7. The fourth-order valence-corrected chi connectivity index (χ4v) is 3.16. The molecule has 3 rings (SSSR count). The van der Waals surface area contributed by atoms with Crippen molar-refractivity contribution in [2.45, 2.75) is 23.9 Å². The molecular weight excluding hydrogens is 284 g/mol. The predicted octanol–water partition coefficient (Wildman–Crippen LogP) is 0.0284. The summed E-state index contributed by atoms with van der Waals surface area (Å²) in [5.74, 6) is 0.394. The summed E-state index contributed by atoms with van der Waals surface area (Å²) >= 11 is 0. The fraction of sp³-hybridized carbons (Fsp3) is 0.500. The third-order valence-electron chi connectivity index (χ3n) is 3.07. The van der Waals surface area contributed by atoms with Crippen molar-refractivity contribution in [1.82, 2.24) is 25.3 Å². The summed E-state index contributed by atoms with van der Waals surface area (Å²) < 4.78 is 33.0. The van der Waals surface area contributed by atoms with Gasteiger partial charge in [-0.25, -0.2) is 4.72 Å². The summed E-state index contributed by atoms with van der Waals surface area (Å²) in [6, 6.07) is 1.24. The average molecular weight is 298 g/mol. The van der Waals surface area contributed by atoms with Gasteiger partial charge in [-0.2, -0.15) is 13.5 Å². The molecule has 0 aliphatic carbocycles. The zero-order valence-corrected chi connectivity index (χ0v) is 11.6. The van der Waals surface area contributed by atoms with Crippen LogP contribution >= 0.6 is 0 Å². The summed E-state index contributed by atoms with van der Waals surface area (Å²) in [6.07, 6.45) is 3.33. The maximum Gasteiger partial charge on any atom is 0.329 e. The van der Waals surface area contributed by atoms with Crippen molar-refractivity contribution in [3.8, 4) is 0 Å². The van der Waals surface area contributed by atoms with Gasteiger partial charge in [-0.05, 0) is 25.5 Å². The van der Waals surface area contributed by atoms with Crippen LogP contribution in [0, 0.1) is 0 Å². The number of anilines is 1. The van der Waals surface area contributed by atoms with Crippen LogP contribution in [-0.2, 0) is 17.1 Å². The van der Waals surface area contributed by atoms with Crippen LogP contribution in [-0.4, -0.2) is 34.9 Å². The summed E-state index contributed by atoms with van der Waals surface area (Å²) in [6.45, 7) is 0.892. The van der Waals surface area contributed by atoms with Crippen LogP contribution in [0.3, 0.4) is 0 Å². The van der Waals surface area contributed by atoms with Crippen LogP contribution in [0.1, 0.15) is 24.8 Å². The minimum Gasteiger partial charge on any atom is -0.406 e. The highest BCUT2D eigenvalue weighted by atomic mass is 32.2. The zero-order chi connectivity index (χ0) is 14.2. The highest BCUT2D eigenvalue weighted by molar-refractivity contribution is 7.92. The fourth-order valence-electron chi connectivity index (χ4n) is 2.10. The van der Waals surface area contributed by atoms with Gasteiger partial charge in [-0.15, -0.1) is 5.10 Å². The molecule has 108 valence electrons. The van der Waals surface area contributed by atoms with E-state index in [0.29, 0.717) is 5.89 Å². The Morgan fingerprint density at radius 2 is 2.35 bits per heavy atom. The molecule has 1 unspecified atom stereocenters. The molecule has 0 amide bonds. The molecule has 0 saturated carbocycles. The van der Waals surface area contributed by atoms with Gasteiger partial charge in [0.25, 0.3) is 10.0 Å². The molecular formula is C10H14N6O3S. The third-order valence-corrected chi connectivity index (χ3v) is 4.47. The molecule has 1 fully saturated rings. The Labute approximate surface area is 115 Å². The normalized spacial score (nSPS) is 19.4. The van der Waals surface area contributed by atoms with Gasteiger partial charge < -0.3 is 9.73 Å². The summed E-state index contributed by atoms with van der Waals surface area (Å²) in [4.78, 5) is 0. The van der Waals surface area contributed by atoms with E-state index in [0.717, 1.165) is 19.4 Å². The first-order valence-corrected chi connectivity index (χ1v) is 7.62. The molecule has 2 aromatic heterocycles. The molecule has 1 saturated heterocycles. The second-order valence-corrected chi connectivity index (χ2v) is 6.12. The van der Waals surface area contributed by atoms with Crippen LogP contribution in [0.4, 0.5) is 6.01 Å². The molecule has 0 aromatic carbocycles. The maximum atomic E-state index is 12.1. The molecule has 0 bridgehead atoms. The second kappa shape index (κ2) is 4.87. The van der Waals surface area contributed by atoms with Gasteiger partial charge >= 0.3 is 6.01 Å². The van der Waals surface area contributed by atoms with E-state index in [4.69, 9.17) is 4.42 Å². The lowest BCUT2D eigenvalue weighted by molar-refractivity contribution is 0.439. The lowest BCUT2D eigenvalue weighted by Crippen LogP contribution is -2.16. The second-order valence-electron chi connectivity index (χ2n) is 4.49. The van der Waals surface area contributed by atoms with Gasteiger partial charge in [0.15, 0.2) is 5.03 Å². The van der Waals surface area contributed by atoms with Gasteiger partial charge in [0.1, 0.15) is 0 Å². The van der Waals surface area contributed by atoms with Crippen LogP contribution in [0.15, 0.2) is 21.7 Å². The molecule has 9 nitrogen and oxygen atoms in total. The first-order chi connectivity index (χ1) is 9.56. The number of nitrogens with zero attached hydrogens (tertiary/aromatic N) is 4. The lowest BCUT2D eigenvalue weighted by Gasteiger charge is -2.04. The van der Waals surface area contributed by atoms with Crippen molar-refractivity contribution in [3.63, 3.8) is 0 Å². The van der Waals surface area contributed by atoms with E-state index in [1.54, 1.807) is 0 Å². The Morgan fingerprint density at radius 1 is 1.50 bits per heavy atom. The monoisotopic (exact) mass is 298 g/mol. The van der Waals surface area contributed by atoms with Crippen LogP contribution < -0.4 is 10.0 Å². The Morgan fingerprint density at radius 3 is 3.00 bits per heavy atom. The van der Waals surface area contributed by atoms with Crippen molar-refractivity contribution < 1.29 is 12.8 Å². The topological polar surface area (TPSA) is 115 Å². The zero-order valence-electron chi connectivity index (χ0n) is 10.8. The van der Waals surface area contributed by atoms with Gasteiger partial charge in [0.05, 0.1) is 12.2 Å². The number of sulfonamides is 1. The molecule has 20 heavy (non-hydrogen) atoms. The van der Waals surface area contributed by atoms with E-state index in [1.807, 2.05) is 0 Å². The number of hydrogen-bond donors (Lipinski definition) is 2. The SMILES string of the molecule is Cn1nccc1S(=O)(=O)Nc1nnc(C2CCCN2)o1. The van der Waals surface area contributed by atoms with Crippen LogP contribution in [0.25, 0.3) is 0 Å². The quantitative estimate of drug-likeness (QED) is 0.818. The molecule has 1 atom stereocenters. The molecule has 1 aliphatic rings. The van der Waals surface area contributed by atoms with E-state index in [1.165, 1.54) is 24.0 Å². The van der Waals surface area contributed by atoms with Crippen LogP contribution in [0.2, 0.25) is 0 Å². The predicted molar refractivity (Wildman–Crippen MR) is 68.3 cm³/mol. The highest BCUT2D eigenvalue weighted by Gasteiger charge is 2.25. The molecule has 10 heteroatoms. The number of aromatic nitrogens is 4. The van der Waals surface area contributed by atoms with E-state index in [9.17, 15) is 8.42 Å². The third kappa shape index (κ3) is 2.39. The van der Waals surface area contributed by atoms with Crippen molar-refractivity contribution >= 4 is 16.0 Å². The number of rotatable bonds is 4. The Kier molecular flexibility index (Phi) is 3.18. The summed E-state index contributed by atoms with van der Waals surface area (Å²) in [7, 11) is -2.24. The van der Waals surface area contributed by atoms with Crippen molar-refractivity contribution in [2.75, 3.05) is 11.3 Å². The number of nitrogens with one attached hydrogen (secondary N) is 2. The standard InChI is InChI=1S/C10H14N6O3S/c1-16-8(4-6-12-16)20(17,18)15-10-14-13-9(19-10)7-3-2-5-11-7/h4,6-7,11H,2-3,5H2,1H3,(H,14,15). The average Bonchev–Trinajstić information content (AvgIpc) is 3.06. The number of aryl methyl sites for hydroxylation is 1. The van der Waals surface area contributed by atoms with E-state index in [-0.39, 0.29) is 17.1 Å². The molecule has 3 heterocycles.